The van der Waals surface area contributed by atoms with Crippen molar-refractivity contribution in [1.82, 2.24) is 13.9 Å². The molecule has 0 saturated heterocycles. The van der Waals surface area contributed by atoms with Crippen molar-refractivity contribution in [2.24, 2.45) is 11.8 Å². The molecule has 0 aromatic rings. The number of hydrogen-bond acceptors (Lipinski definition) is 4. The summed E-state index contributed by atoms with van der Waals surface area (Å²) in [5, 5.41) is 9.04. The van der Waals surface area contributed by atoms with Crippen LogP contribution in [0.2, 0.25) is 0 Å². The van der Waals surface area contributed by atoms with Gasteiger partial charge in [-0.15, -0.1) is 0 Å². The lowest BCUT2D eigenvalue weighted by Crippen LogP contribution is -2.57. The highest BCUT2D eigenvalue weighted by atomic mass is 32.2. The Morgan fingerprint density at radius 1 is 1.13 bits per heavy atom. The summed E-state index contributed by atoms with van der Waals surface area (Å²) in [6.45, 7) is 1.48. The summed E-state index contributed by atoms with van der Waals surface area (Å²) in [6, 6.07) is 0.121. The summed E-state index contributed by atoms with van der Waals surface area (Å²) < 4.78 is 28.7. The number of aliphatic carboxylic acids is 1. The lowest BCUT2D eigenvalue weighted by molar-refractivity contribution is -0.139. The Morgan fingerprint density at radius 2 is 1.70 bits per heavy atom. The molecule has 0 aromatic heterocycles. The zero-order chi connectivity index (χ0) is 16.6. The van der Waals surface area contributed by atoms with Crippen molar-refractivity contribution < 1.29 is 18.3 Å². The minimum absolute atomic E-state index is 0.0578. The zero-order valence-electron chi connectivity index (χ0n) is 13.6. The highest BCUT2D eigenvalue weighted by Crippen LogP contribution is 2.34. The average Bonchev–Trinajstić information content (AvgIpc) is 3.27. The Morgan fingerprint density at radius 3 is 2.22 bits per heavy atom. The van der Waals surface area contributed by atoms with Gasteiger partial charge in [0.15, 0.2) is 0 Å². The maximum absolute atomic E-state index is 12.2. The molecule has 0 amide bonds. The molecule has 0 unspecified atom stereocenters. The minimum atomic E-state index is -3.41. The van der Waals surface area contributed by atoms with Gasteiger partial charge in [0, 0.05) is 32.2 Å². The minimum Gasteiger partial charge on any atom is -0.480 e. The van der Waals surface area contributed by atoms with E-state index in [9.17, 15) is 13.2 Å². The van der Waals surface area contributed by atoms with Crippen LogP contribution in [0, 0.1) is 11.8 Å². The number of hydrogen-bond donors (Lipinski definition) is 2. The van der Waals surface area contributed by atoms with E-state index >= 15 is 0 Å². The lowest BCUT2D eigenvalue weighted by Gasteiger charge is -2.43. The third kappa shape index (κ3) is 4.89. The molecule has 0 aliphatic heterocycles. The van der Waals surface area contributed by atoms with Gasteiger partial charge in [-0.2, -0.15) is 17.4 Å². The second-order valence-electron chi connectivity index (χ2n) is 7.44. The smallest absolute Gasteiger partial charge is 0.317 e. The van der Waals surface area contributed by atoms with Crippen LogP contribution in [0.15, 0.2) is 0 Å². The third-order valence-corrected chi connectivity index (χ3v) is 6.70. The Bertz CT molecular complexity index is 539. The molecular weight excluding hydrogens is 318 g/mol. The molecule has 3 rings (SSSR count). The molecule has 0 heterocycles. The van der Waals surface area contributed by atoms with Gasteiger partial charge in [-0.25, -0.2) is 0 Å². The fourth-order valence-electron chi connectivity index (χ4n) is 3.19. The van der Waals surface area contributed by atoms with Crippen LogP contribution < -0.4 is 4.72 Å². The van der Waals surface area contributed by atoms with Crippen molar-refractivity contribution in [1.29, 1.82) is 0 Å². The quantitative estimate of drug-likeness (QED) is 0.601. The topological polar surface area (TPSA) is 90.0 Å². The molecule has 8 heteroatoms. The monoisotopic (exact) mass is 345 g/mol. The summed E-state index contributed by atoms with van der Waals surface area (Å²) in [6.07, 6.45) is 6.02. The predicted octanol–water partition coefficient (Wildman–Crippen LogP) is 0.490. The van der Waals surface area contributed by atoms with Crippen LogP contribution in [-0.4, -0.2) is 67.5 Å². The number of rotatable bonds is 10. The van der Waals surface area contributed by atoms with E-state index in [1.54, 1.807) is 7.05 Å². The van der Waals surface area contributed by atoms with Gasteiger partial charge in [0.1, 0.15) is 0 Å². The Labute approximate surface area is 138 Å². The van der Waals surface area contributed by atoms with Crippen LogP contribution >= 0.6 is 0 Å². The number of carboxylic acid groups (broad SMARTS) is 1. The van der Waals surface area contributed by atoms with Gasteiger partial charge in [0.25, 0.3) is 10.2 Å². The molecule has 0 aromatic carbocycles. The number of carboxylic acids is 1. The van der Waals surface area contributed by atoms with Crippen LogP contribution in [0.3, 0.4) is 0 Å². The maximum Gasteiger partial charge on any atom is 0.317 e. The van der Waals surface area contributed by atoms with Gasteiger partial charge in [-0.3, -0.25) is 9.69 Å². The highest BCUT2D eigenvalue weighted by Gasteiger charge is 2.39. The van der Waals surface area contributed by atoms with Crippen molar-refractivity contribution in [3.63, 3.8) is 0 Å². The molecule has 3 aliphatic rings. The SMILES string of the molecule is CN(CC1CC1)S(=O)(=O)NC1CC(N(CC(=O)O)CC2CC2)C1. The average molecular weight is 345 g/mol. The van der Waals surface area contributed by atoms with Crippen molar-refractivity contribution in [3.8, 4) is 0 Å². The number of carbonyl (C=O) groups is 1. The molecule has 132 valence electrons. The van der Waals surface area contributed by atoms with Gasteiger partial charge in [-0.05, 0) is 50.4 Å². The van der Waals surface area contributed by atoms with Crippen molar-refractivity contribution in [2.45, 2.75) is 50.6 Å². The molecule has 0 radical (unpaired) electrons. The van der Waals surface area contributed by atoms with Crippen molar-refractivity contribution >= 4 is 16.2 Å². The Kier molecular flexibility index (Phi) is 4.96. The molecule has 3 fully saturated rings. The first-order valence-corrected chi connectivity index (χ1v) is 9.97. The standard InChI is InChI=1S/C15H27N3O4S/c1-17(8-11-2-3-11)23(21,22)16-13-6-14(7-13)18(10-15(19)20)9-12-4-5-12/h11-14,16H,2-10H2,1H3,(H,19,20). The lowest BCUT2D eigenvalue weighted by atomic mass is 9.86. The summed E-state index contributed by atoms with van der Waals surface area (Å²) in [5.41, 5.74) is 0. The van der Waals surface area contributed by atoms with Crippen LogP contribution in [0.25, 0.3) is 0 Å². The highest BCUT2D eigenvalue weighted by molar-refractivity contribution is 7.87. The largest absolute Gasteiger partial charge is 0.480 e. The number of nitrogens with one attached hydrogen (secondary N) is 1. The molecule has 3 aliphatic carbocycles. The summed E-state index contributed by atoms with van der Waals surface area (Å²) >= 11 is 0. The molecule has 7 nitrogen and oxygen atoms in total. The maximum atomic E-state index is 12.2. The van der Waals surface area contributed by atoms with Gasteiger partial charge >= 0.3 is 5.97 Å². The summed E-state index contributed by atoms with van der Waals surface area (Å²) in [5.74, 6) is 0.351. The van der Waals surface area contributed by atoms with Crippen molar-refractivity contribution in [2.75, 3.05) is 26.7 Å². The van der Waals surface area contributed by atoms with Gasteiger partial charge < -0.3 is 5.11 Å². The van der Waals surface area contributed by atoms with Crippen molar-refractivity contribution in [3.05, 3.63) is 0 Å². The fraction of sp³-hybridized carbons (Fsp3) is 0.933. The predicted molar refractivity (Wildman–Crippen MR) is 86.2 cm³/mol. The van der Waals surface area contributed by atoms with Gasteiger partial charge in [-0.1, -0.05) is 0 Å². The van der Waals surface area contributed by atoms with Gasteiger partial charge in [0.05, 0.1) is 6.54 Å². The normalized spacial score (nSPS) is 28.1. The van der Waals surface area contributed by atoms with E-state index in [1.165, 1.54) is 17.1 Å². The molecule has 3 saturated carbocycles. The van der Waals surface area contributed by atoms with E-state index in [0.29, 0.717) is 31.2 Å². The Balaban J connectivity index is 1.45. The first-order valence-electron chi connectivity index (χ1n) is 8.53. The third-order valence-electron chi connectivity index (χ3n) is 5.10. The van der Waals surface area contributed by atoms with Crippen LogP contribution in [0.5, 0.6) is 0 Å². The number of nitrogens with zero attached hydrogens (tertiary/aromatic N) is 2. The van der Waals surface area contributed by atoms with E-state index in [1.807, 2.05) is 4.90 Å². The van der Waals surface area contributed by atoms with E-state index in [-0.39, 0.29) is 18.6 Å². The van der Waals surface area contributed by atoms with E-state index in [4.69, 9.17) is 5.11 Å². The zero-order valence-corrected chi connectivity index (χ0v) is 14.5. The summed E-state index contributed by atoms with van der Waals surface area (Å²) in [4.78, 5) is 13.0. The molecule has 2 N–H and O–H groups in total. The van der Waals surface area contributed by atoms with Crippen LogP contribution in [0.4, 0.5) is 0 Å². The Hall–Kier alpha value is -0.700. The molecular formula is C15H27N3O4S. The second kappa shape index (κ2) is 6.66. The summed E-state index contributed by atoms with van der Waals surface area (Å²) in [7, 11) is -1.78. The van der Waals surface area contributed by atoms with E-state index < -0.39 is 16.2 Å². The van der Waals surface area contributed by atoms with E-state index in [2.05, 4.69) is 4.72 Å². The fourth-order valence-corrected chi connectivity index (χ4v) is 4.39. The van der Waals surface area contributed by atoms with Gasteiger partial charge in [0.2, 0.25) is 0 Å². The second-order valence-corrected chi connectivity index (χ2v) is 9.24. The molecule has 23 heavy (non-hydrogen) atoms. The molecule has 0 bridgehead atoms. The van der Waals surface area contributed by atoms with E-state index in [0.717, 1.165) is 19.4 Å². The first kappa shape index (κ1) is 17.1. The van der Waals surface area contributed by atoms with Crippen LogP contribution in [0.1, 0.15) is 38.5 Å². The van der Waals surface area contributed by atoms with Crippen LogP contribution in [-0.2, 0) is 15.0 Å². The molecule has 0 atom stereocenters. The molecule has 0 spiro atoms. The first-order chi connectivity index (χ1) is 10.8.